The summed E-state index contributed by atoms with van der Waals surface area (Å²) in [5.74, 6) is -0.566. The molecule has 0 aliphatic rings. The summed E-state index contributed by atoms with van der Waals surface area (Å²) in [6.45, 7) is 9.71. The van der Waals surface area contributed by atoms with E-state index in [-0.39, 0.29) is 12.3 Å². The molecular formula is C21H29NO3. The number of hydrogen-bond acceptors (Lipinski definition) is 3. The maximum absolute atomic E-state index is 12.0. The molecule has 4 nitrogen and oxygen atoms in total. The Labute approximate surface area is 151 Å². The third-order valence-corrected chi connectivity index (χ3v) is 4.03. The molecule has 0 bridgehead atoms. The Kier molecular flexibility index (Phi) is 11.0. The molecule has 0 radical (unpaired) electrons. The van der Waals surface area contributed by atoms with Crippen molar-refractivity contribution in [1.29, 1.82) is 0 Å². The molecule has 0 aliphatic carbocycles. The fourth-order valence-corrected chi connectivity index (χ4v) is 2.49. The predicted molar refractivity (Wildman–Crippen MR) is 101 cm³/mol. The highest BCUT2D eigenvalue weighted by Gasteiger charge is 2.11. The maximum Gasteiger partial charge on any atom is 0.336 e. The van der Waals surface area contributed by atoms with Crippen LogP contribution in [-0.4, -0.2) is 17.7 Å². The van der Waals surface area contributed by atoms with Crippen molar-refractivity contribution in [3.63, 3.8) is 0 Å². The summed E-state index contributed by atoms with van der Waals surface area (Å²) in [6.07, 6.45) is 11.0. The van der Waals surface area contributed by atoms with Crippen molar-refractivity contribution in [3.8, 4) is 0 Å². The van der Waals surface area contributed by atoms with E-state index in [0.29, 0.717) is 6.61 Å². The van der Waals surface area contributed by atoms with Gasteiger partial charge < -0.3 is 9.84 Å². The number of unbranched alkanes of at least 4 members (excludes halogenated alkanes) is 7. The van der Waals surface area contributed by atoms with Crippen LogP contribution in [0.2, 0.25) is 0 Å². The van der Waals surface area contributed by atoms with Crippen LogP contribution in [0.4, 0.5) is 0 Å². The van der Waals surface area contributed by atoms with Crippen molar-refractivity contribution in [2.45, 2.75) is 64.9 Å². The smallest absolute Gasteiger partial charge is 0.336 e. The number of ether oxygens (including phenoxy) is 1. The first-order chi connectivity index (χ1) is 12.2. The highest BCUT2D eigenvalue weighted by atomic mass is 16.5. The molecule has 0 aliphatic heterocycles. The molecule has 1 aromatic rings. The van der Waals surface area contributed by atoms with Gasteiger partial charge in [0, 0.05) is 0 Å². The zero-order valence-corrected chi connectivity index (χ0v) is 15.2. The minimum absolute atomic E-state index is 0.0173. The lowest BCUT2D eigenvalue weighted by Crippen LogP contribution is -2.07. The summed E-state index contributed by atoms with van der Waals surface area (Å²) in [7, 11) is 0. The molecule has 4 heteroatoms. The molecule has 1 aromatic carbocycles. The van der Waals surface area contributed by atoms with Gasteiger partial charge in [0.05, 0.1) is 19.8 Å². The molecule has 0 fully saturated rings. The van der Waals surface area contributed by atoms with Gasteiger partial charge in [-0.3, -0.25) is 4.79 Å². The van der Waals surface area contributed by atoms with E-state index >= 15 is 0 Å². The molecule has 0 unspecified atom stereocenters. The number of benzene rings is 1. The summed E-state index contributed by atoms with van der Waals surface area (Å²) >= 11 is 0. The second kappa shape index (κ2) is 13.2. The zero-order chi connectivity index (χ0) is 18.3. The minimum Gasteiger partial charge on any atom is -0.471 e. The lowest BCUT2D eigenvalue weighted by atomic mass is 10.1. The van der Waals surface area contributed by atoms with Crippen molar-refractivity contribution in [1.82, 2.24) is 0 Å². The van der Waals surface area contributed by atoms with Crippen LogP contribution in [0, 0.1) is 6.57 Å². The molecule has 25 heavy (non-hydrogen) atoms. The van der Waals surface area contributed by atoms with Crippen LogP contribution in [0.1, 0.15) is 69.4 Å². The van der Waals surface area contributed by atoms with Crippen LogP contribution in [-0.2, 0) is 16.1 Å². The largest absolute Gasteiger partial charge is 0.471 e. The quantitative estimate of drug-likeness (QED) is 0.248. The molecule has 0 saturated carbocycles. The number of carbonyl (C=O) groups is 1. The first-order valence-electron chi connectivity index (χ1n) is 9.17. The number of aliphatic hydroxyl groups is 1. The van der Waals surface area contributed by atoms with Gasteiger partial charge in [0.1, 0.15) is 0 Å². The molecule has 0 heterocycles. The van der Waals surface area contributed by atoms with E-state index in [2.05, 4.69) is 11.8 Å². The summed E-state index contributed by atoms with van der Waals surface area (Å²) < 4.78 is 5.20. The molecule has 1 rings (SSSR count). The fourth-order valence-electron chi connectivity index (χ4n) is 2.49. The van der Waals surface area contributed by atoms with Crippen molar-refractivity contribution < 1.29 is 14.6 Å². The topological polar surface area (TPSA) is 50.9 Å². The molecule has 1 N–H and O–H groups in total. The summed E-state index contributed by atoms with van der Waals surface area (Å²) in [4.78, 5) is 15.2. The first-order valence-corrected chi connectivity index (χ1v) is 9.17. The van der Waals surface area contributed by atoms with Crippen LogP contribution in [0.25, 0.3) is 10.9 Å². The van der Waals surface area contributed by atoms with Gasteiger partial charge in [0.25, 0.3) is 5.70 Å². The highest BCUT2D eigenvalue weighted by Crippen LogP contribution is 2.12. The van der Waals surface area contributed by atoms with Crippen LogP contribution in [0.3, 0.4) is 0 Å². The molecule has 0 atom stereocenters. The van der Waals surface area contributed by atoms with Crippen LogP contribution in [0.5, 0.6) is 0 Å². The van der Waals surface area contributed by atoms with E-state index in [9.17, 15) is 4.79 Å². The van der Waals surface area contributed by atoms with Gasteiger partial charge in [-0.15, -0.1) is 0 Å². The standard InChI is InChI=1S/C21H29NO3/c1-3-4-5-6-7-8-9-10-15-25-21(24)20(22-2)16-18-11-13-19(17-23)14-12-18/h11-14,16,23H,3-10,15,17H2,1H3/b20-16-. The van der Waals surface area contributed by atoms with Gasteiger partial charge in [-0.25, -0.2) is 4.85 Å². The van der Waals surface area contributed by atoms with Crippen molar-refractivity contribution in [2.24, 2.45) is 0 Å². The lowest BCUT2D eigenvalue weighted by Gasteiger charge is -2.05. The van der Waals surface area contributed by atoms with E-state index in [1.165, 1.54) is 44.6 Å². The Morgan fingerprint density at radius 2 is 1.68 bits per heavy atom. The zero-order valence-electron chi connectivity index (χ0n) is 15.2. The third-order valence-electron chi connectivity index (χ3n) is 4.03. The third kappa shape index (κ3) is 9.07. The van der Waals surface area contributed by atoms with E-state index < -0.39 is 5.97 Å². The van der Waals surface area contributed by atoms with E-state index in [0.717, 1.165) is 24.0 Å². The van der Waals surface area contributed by atoms with Crippen molar-refractivity contribution >= 4 is 12.0 Å². The maximum atomic E-state index is 12.0. The monoisotopic (exact) mass is 343 g/mol. The molecule has 0 spiro atoms. The van der Waals surface area contributed by atoms with Gasteiger partial charge in [-0.05, 0) is 23.6 Å². The van der Waals surface area contributed by atoms with Crippen LogP contribution < -0.4 is 0 Å². The number of rotatable bonds is 12. The minimum atomic E-state index is -0.566. The Bertz CT molecular complexity index is 570. The van der Waals surface area contributed by atoms with Gasteiger partial charge in [-0.2, -0.15) is 0 Å². The Hall–Kier alpha value is -2.12. The average Bonchev–Trinajstić information content (AvgIpc) is 2.65. The van der Waals surface area contributed by atoms with Gasteiger partial charge in [-0.1, -0.05) is 76.1 Å². The van der Waals surface area contributed by atoms with E-state index in [1.807, 2.05) is 0 Å². The predicted octanol–water partition coefficient (Wildman–Crippen LogP) is 5.12. The SMILES string of the molecule is [C-]#[N+]/C(=C\c1ccc(CO)cc1)C(=O)OCCCCCCCCCC. The van der Waals surface area contributed by atoms with Gasteiger partial charge >= 0.3 is 5.97 Å². The molecule has 136 valence electrons. The Morgan fingerprint density at radius 1 is 1.08 bits per heavy atom. The normalized spacial score (nSPS) is 11.2. The van der Waals surface area contributed by atoms with E-state index in [1.54, 1.807) is 24.3 Å². The number of aliphatic hydroxyl groups excluding tert-OH is 1. The molecule has 0 aromatic heterocycles. The van der Waals surface area contributed by atoms with E-state index in [4.69, 9.17) is 16.4 Å². The summed E-state index contributed by atoms with van der Waals surface area (Å²) in [5.41, 5.74) is 1.52. The number of hydrogen-bond donors (Lipinski definition) is 1. The second-order valence-corrected chi connectivity index (χ2v) is 6.15. The van der Waals surface area contributed by atoms with Crippen molar-refractivity contribution in [3.05, 3.63) is 52.5 Å². The summed E-state index contributed by atoms with van der Waals surface area (Å²) in [6, 6.07) is 7.06. The van der Waals surface area contributed by atoms with Gasteiger partial charge in [0.15, 0.2) is 0 Å². The number of carbonyl (C=O) groups excluding carboxylic acids is 1. The molecule has 0 amide bonds. The Morgan fingerprint density at radius 3 is 2.24 bits per heavy atom. The lowest BCUT2D eigenvalue weighted by molar-refractivity contribution is -0.138. The first kappa shape index (κ1) is 20.9. The Balaban J connectivity index is 2.29. The summed E-state index contributed by atoms with van der Waals surface area (Å²) in [5, 5.41) is 9.02. The number of nitrogens with zero attached hydrogens (tertiary/aromatic N) is 1. The molecular weight excluding hydrogens is 314 g/mol. The van der Waals surface area contributed by atoms with Crippen LogP contribution in [0.15, 0.2) is 30.0 Å². The number of esters is 1. The fraction of sp³-hybridized carbons (Fsp3) is 0.524. The van der Waals surface area contributed by atoms with Gasteiger partial charge in [0.2, 0.25) is 0 Å². The molecule has 0 saturated heterocycles. The highest BCUT2D eigenvalue weighted by molar-refractivity contribution is 5.95. The second-order valence-electron chi connectivity index (χ2n) is 6.15. The van der Waals surface area contributed by atoms with Crippen molar-refractivity contribution in [2.75, 3.05) is 6.61 Å². The van der Waals surface area contributed by atoms with Crippen LogP contribution >= 0.6 is 0 Å². The average molecular weight is 343 g/mol.